The van der Waals surface area contributed by atoms with Crippen molar-refractivity contribution in [1.29, 1.82) is 5.26 Å². The predicted molar refractivity (Wildman–Crippen MR) is 83.1 cm³/mol. The average molecular weight is 476 g/mol. The van der Waals surface area contributed by atoms with Crippen molar-refractivity contribution in [2.45, 2.75) is 24.7 Å². The summed E-state index contributed by atoms with van der Waals surface area (Å²) in [4.78, 5) is 3.06. The Hall–Kier alpha value is -3.24. The first kappa shape index (κ1) is 23.4. The van der Waals surface area contributed by atoms with Crippen molar-refractivity contribution in [3.05, 3.63) is 57.6 Å². The van der Waals surface area contributed by atoms with E-state index in [1.54, 1.807) is 0 Å². The number of nitrogens with zero attached hydrogens (tertiary/aromatic N) is 2. The van der Waals surface area contributed by atoms with Gasteiger partial charge in [-0.2, -0.15) is 62.9 Å². The van der Waals surface area contributed by atoms with Crippen LogP contribution in [0.15, 0.2) is 29.3 Å². The normalized spacial score (nSPS) is 14.2. The van der Waals surface area contributed by atoms with Crippen LogP contribution in [0.25, 0.3) is 11.1 Å². The molecule has 0 radical (unpaired) electrons. The maximum absolute atomic E-state index is 13.2. The zero-order chi connectivity index (χ0) is 24.4. The first-order valence-corrected chi connectivity index (χ1v) is 8.00. The van der Waals surface area contributed by atoms with E-state index in [9.17, 15) is 52.7 Å². The number of fused-ring (bicyclic) bond motifs is 3. The summed E-state index contributed by atoms with van der Waals surface area (Å²) in [6.07, 6.45) is -21.3. The van der Waals surface area contributed by atoms with Crippen molar-refractivity contribution in [3.63, 3.8) is 0 Å². The summed E-state index contributed by atoms with van der Waals surface area (Å²) in [6.45, 7) is 0. The summed E-state index contributed by atoms with van der Waals surface area (Å²) < 4.78 is 159. The third-order valence-corrected chi connectivity index (χ3v) is 4.50. The Morgan fingerprint density at radius 1 is 0.500 bits per heavy atom. The standard InChI is InChI=1S/C18H4F12N2/c19-15(20,21)10-1-6-7-2-11(16(22,23)24)13(18(28,29)30)4-9(7)14(32-5-31)8(6)3-12(10)17(25,26)27/h1-4H. The molecular weight excluding hydrogens is 472 g/mol. The van der Waals surface area contributed by atoms with Gasteiger partial charge in [0.15, 0.2) is 0 Å². The molecule has 1 aliphatic rings. The molecule has 2 aromatic rings. The van der Waals surface area contributed by atoms with Crippen LogP contribution in [0.2, 0.25) is 0 Å². The third kappa shape index (κ3) is 3.87. The second-order valence-electron chi connectivity index (χ2n) is 6.44. The highest BCUT2D eigenvalue weighted by Gasteiger charge is 2.48. The van der Waals surface area contributed by atoms with Crippen LogP contribution < -0.4 is 0 Å². The molecule has 0 bridgehead atoms. The van der Waals surface area contributed by atoms with Gasteiger partial charge < -0.3 is 0 Å². The van der Waals surface area contributed by atoms with Gasteiger partial charge in [0.1, 0.15) is 0 Å². The van der Waals surface area contributed by atoms with Crippen molar-refractivity contribution in [2.75, 3.05) is 0 Å². The molecule has 0 saturated heterocycles. The van der Waals surface area contributed by atoms with Gasteiger partial charge in [-0.1, -0.05) is 0 Å². The van der Waals surface area contributed by atoms with Crippen molar-refractivity contribution < 1.29 is 52.7 Å². The molecule has 3 rings (SSSR count). The zero-order valence-electron chi connectivity index (χ0n) is 14.7. The summed E-state index contributed by atoms with van der Waals surface area (Å²) in [7, 11) is 0. The van der Waals surface area contributed by atoms with Gasteiger partial charge in [-0.3, -0.25) is 0 Å². The Balaban J connectivity index is 2.49. The first-order chi connectivity index (χ1) is 14.4. The molecule has 0 spiro atoms. The number of hydrogen-bond acceptors (Lipinski definition) is 2. The molecule has 0 amide bonds. The number of halogens is 12. The third-order valence-electron chi connectivity index (χ3n) is 4.50. The van der Waals surface area contributed by atoms with Crippen molar-refractivity contribution in [3.8, 4) is 17.3 Å². The Morgan fingerprint density at radius 3 is 0.969 bits per heavy atom. The summed E-state index contributed by atoms with van der Waals surface area (Å²) in [5.74, 6) is 0. The van der Waals surface area contributed by atoms with Crippen LogP contribution in [-0.4, -0.2) is 5.71 Å². The summed E-state index contributed by atoms with van der Waals surface area (Å²) in [5, 5.41) is 8.76. The molecule has 0 aromatic heterocycles. The Bertz CT molecular complexity index is 1090. The second-order valence-corrected chi connectivity index (χ2v) is 6.44. The number of nitriles is 1. The number of rotatable bonds is 0. The minimum Gasteiger partial charge on any atom is -0.172 e. The molecule has 14 heteroatoms. The van der Waals surface area contributed by atoms with E-state index in [2.05, 4.69) is 4.99 Å². The van der Waals surface area contributed by atoms with Gasteiger partial charge in [-0.25, -0.2) is 0 Å². The monoisotopic (exact) mass is 476 g/mol. The summed E-state index contributed by atoms with van der Waals surface area (Å²) in [6, 6.07) is -0.446. The fourth-order valence-corrected chi connectivity index (χ4v) is 3.29. The molecule has 0 fully saturated rings. The molecule has 0 N–H and O–H groups in total. The van der Waals surface area contributed by atoms with E-state index in [4.69, 9.17) is 5.26 Å². The van der Waals surface area contributed by atoms with Gasteiger partial charge in [0.25, 0.3) is 0 Å². The van der Waals surface area contributed by atoms with Gasteiger partial charge in [0, 0.05) is 11.1 Å². The lowest BCUT2D eigenvalue weighted by molar-refractivity contribution is -0.162. The fraction of sp³-hybridized carbons (Fsp3) is 0.222. The SMILES string of the molecule is N#CN=C1c2cc(C(F)(F)F)c(C(F)(F)F)cc2-c2cc(C(F)(F)F)c(C(F)(F)F)cc21. The van der Waals surface area contributed by atoms with Crippen LogP contribution in [0.4, 0.5) is 52.7 Å². The first-order valence-electron chi connectivity index (χ1n) is 8.00. The number of aliphatic imine (C=N–C) groups is 1. The molecule has 0 unspecified atom stereocenters. The summed E-state index contributed by atoms with van der Waals surface area (Å²) >= 11 is 0. The quantitative estimate of drug-likeness (QED) is 0.253. The van der Waals surface area contributed by atoms with Crippen LogP contribution in [0, 0.1) is 11.5 Å². The van der Waals surface area contributed by atoms with Crippen molar-refractivity contribution >= 4 is 5.71 Å². The molecule has 2 nitrogen and oxygen atoms in total. The van der Waals surface area contributed by atoms with Crippen LogP contribution >= 0.6 is 0 Å². The van der Waals surface area contributed by atoms with Crippen LogP contribution in [-0.2, 0) is 24.7 Å². The van der Waals surface area contributed by atoms with Crippen LogP contribution in [0.3, 0.4) is 0 Å². The molecule has 0 heterocycles. The number of hydrogen-bond donors (Lipinski definition) is 0. The molecule has 170 valence electrons. The number of alkyl halides is 12. The molecule has 2 aromatic carbocycles. The lowest BCUT2D eigenvalue weighted by Gasteiger charge is -2.18. The van der Waals surface area contributed by atoms with E-state index in [1.165, 1.54) is 0 Å². The average Bonchev–Trinajstić information content (AvgIpc) is 2.90. The van der Waals surface area contributed by atoms with E-state index in [0.29, 0.717) is 0 Å². The molecular formula is C18H4F12N2. The van der Waals surface area contributed by atoms with Gasteiger partial charge in [-0.05, 0) is 35.4 Å². The second kappa shape index (κ2) is 6.88. The highest BCUT2D eigenvalue weighted by atomic mass is 19.4. The van der Waals surface area contributed by atoms with Gasteiger partial charge in [0.05, 0.1) is 28.0 Å². The smallest absolute Gasteiger partial charge is 0.172 e. The van der Waals surface area contributed by atoms with E-state index >= 15 is 0 Å². The molecule has 0 saturated carbocycles. The fourth-order valence-electron chi connectivity index (χ4n) is 3.29. The van der Waals surface area contributed by atoms with Gasteiger partial charge in [0.2, 0.25) is 6.19 Å². The Labute approximate surface area is 169 Å². The lowest BCUT2D eigenvalue weighted by Crippen LogP contribution is -2.17. The van der Waals surface area contributed by atoms with Crippen LogP contribution in [0.5, 0.6) is 0 Å². The highest BCUT2D eigenvalue weighted by molar-refractivity contribution is 6.25. The van der Waals surface area contributed by atoms with E-state index < -0.39 is 74.9 Å². The minimum atomic E-state index is -5.60. The molecule has 1 aliphatic carbocycles. The Kier molecular flexibility index (Phi) is 5.03. The Morgan fingerprint density at radius 2 is 0.750 bits per heavy atom. The van der Waals surface area contributed by atoms with Crippen LogP contribution in [0.1, 0.15) is 33.4 Å². The van der Waals surface area contributed by atoms with Crippen molar-refractivity contribution in [1.82, 2.24) is 0 Å². The molecule has 0 atom stereocenters. The topological polar surface area (TPSA) is 36.1 Å². The number of benzene rings is 2. The van der Waals surface area contributed by atoms with E-state index in [0.717, 1.165) is 6.19 Å². The van der Waals surface area contributed by atoms with E-state index in [-0.39, 0.29) is 24.3 Å². The predicted octanol–water partition coefficient (Wildman–Crippen LogP) is 7.06. The van der Waals surface area contributed by atoms with E-state index in [1.807, 2.05) is 0 Å². The maximum atomic E-state index is 13.2. The maximum Gasteiger partial charge on any atom is 0.417 e. The largest absolute Gasteiger partial charge is 0.417 e. The summed E-state index contributed by atoms with van der Waals surface area (Å²) in [5.41, 5.74) is -13.4. The van der Waals surface area contributed by atoms with Crippen molar-refractivity contribution in [2.24, 2.45) is 4.99 Å². The molecule has 0 aliphatic heterocycles. The lowest BCUT2D eigenvalue weighted by atomic mass is 9.95. The minimum absolute atomic E-state index is 0.102. The van der Waals surface area contributed by atoms with Gasteiger partial charge in [-0.15, -0.1) is 0 Å². The van der Waals surface area contributed by atoms with Gasteiger partial charge >= 0.3 is 24.7 Å². The highest BCUT2D eigenvalue weighted by Crippen LogP contribution is 2.50. The molecule has 32 heavy (non-hydrogen) atoms. The zero-order valence-corrected chi connectivity index (χ0v) is 14.7.